The standard InChI is InChI=1S/C9H10ClN5/c1-6-7(13-4-12-6)3-11-9-2-8(10)14-5-15-9/h2,4-5H,3H2,1H3,(H,12,13)(H,11,14,15). The summed E-state index contributed by atoms with van der Waals surface area (Å²) in [5.74, 6) is 0.692. The number of H-pyrrole nitrogens is 1. The predicted molar refractivity (Wildman–Crippen MR) is 57.7 cm³/mol. The first-order valence-corrected chi connectivity index (χ1v) is 4.84. The molecule has 0 saturated heterocycles. The van der Waals surface area contributed by atoms with E-state index in [9.17, 15) is 0 Å². The molecule has 0 fully saturated rings. The highest BCUT2D eigenvalue weighted by molar-refractivity contribution is 6.29. The Labute approximate surface area is 91.9 Å². The van der Waals surface area contributed by atoms with E-state index in [1.807, 2.05) is 6.92 Å². The Kier molecular flexibility index (Phi) is 2.82. The largest absolute Gasteiger partial charge is 0.364 e. The Bertz CT molecular complexity index is 453. The van der Waals surface area contributed by atoms with Crippen LogP contribution < -0.4 is 5.32 Å². The molecule has 2 N–H and O–H groups in total. The van der Waals surface area contributed by atoms with E-state index in [4.69, 9.17) is 11.6 Å². The van der Waals surface area contributed by atoms with Crippen LogP contribution in [0.1, 0.15) is 11.4 Å². The van der Waals surface area contributed by atoms with E-state index in [-0.39, 0.29) is 0 Å². The molecular weight excluding hydrogens is 214 g/mol. The molecule has 2 rings (SSSR count). The summed E-state index contributed by atoms with van der Waals surface area (Å²) in [4.78, 5) is 15.0. The number of nitrogens with one attached hydrogen (secondary N) is 2. The Hall–Kier alpha value is -1.62. The first-order valence-electron chi connectivity index (χ1n) is 4.46. The molecule has 0 aromatic carbocycles. The van der Waals surface area contributed by atoms with Gasteiger partial charge in [-0.3, -0.25) is 0 Å². The normalized spacial score (nSPS) is 10.3. The highest BCUT2D eigenvalue weighted by Gasteiger charge is 2.01. The Morgan fingerprint density at radius 1 is 1.40 bits per heavy atom. The van der Waals surface area contributed by atoms with Crippen LogP contribution in [-0.4, -0.2) is 19.9 Å². The second-order valence-corrected chi connectivity index (χ2v) is 3.44. The zero-order valence-electron chi connectivity index (χ0n) is 8.16. The van der Waals surface area contributed by atoms with Crippen LogP contribution in [0.25, 0.3) is 0 Å². The average Bonchev–Trinajstić information content (AvgIpc) is 2.61. The van der Waals surface area contributed by atoms with E-state index in [1.165, 1.54) is 6.33 Å². The summed E-state index contributed by atoms with van der Waals surface area (Å²) in [5.41, 5.74) is 2.01. The van der Waals surface area contributed by atoms with Crippen LogP contribution in [-0.2, 0) is 6.54 Å². The van der Waals surface area contributed by atoms with Gasteiger partial charge in [0.1, 0.15) is 17.3 Å². The van der Waals surface area contributed by atoms with E-state index in [0.29, 0.717) is 17.5 Å². The summed E-state index contributed by atoms with van der Waals surface area (Å²) < 4.78 is 0. The second kappa shape index (κ2) is 4.27. The lowest BCUT2D eigenvalue weighted by molar-refractivity contribution is 1.02. The highest BCUT2D eigenvalue weighted by atomic mass is 35.5. The highest BCUT2D eigenvalue weighted by Crippen LogP contribution is 2.10. The molecule has 0 aliphatic heterocycles. The van der Waals surface area contributed by atoms with Crippen LogP contribution in [0.5, 0.6) is 0 Å². The summed E-state index contributed by atoms with van der Waals surface area (Å²) in [6, 6.07) is 1.67. The number of hydrogen-bond donors (Lipinski definition) is 2. The summed E-state index contributed by atoms with van der Waals surface area (Å²) >= 11 is 5.72. The summed E-state index contributed by atoms with van der Waals surface area (Å²) in [7, 11) is 0. The van der Waals surface area contributed by atoms with Crippen molar-refractivity contribution >= 4 is 17.4 Å². The minimum atomic E-state index is 0.422. The van der Waals surface area contributed by atoms with Crippen LogP contribution in [0.2, 0.25) is 5.15 Å². The van der Waals surface area contributed by atoms with E-state index >= 15 is 0 Å². The molecule has 2 aromatic heterocycles. The number of halogens is 1. The fourth-order valence-electron chi connectivity index (χ4n) is 1.17. The van der Waals surface area contributed by atoms with Gasteiger partial charge in [-0.1, -0.05) is 11.6 Å². The molecule has 0 spiro atoms. The number of aromatic amines is 1. The minimum absolute atomic E-state index is 0.422. The summed E-state index contributed by atoms with van der Waals surface area (Å²) in [6.07, 6.45) is 3.08. The number of hydrogen-bond acceptors (Lipinski definition) is 4. The Morgan fingerprint density at radius 3 is 2.93 bits per heavy atom. The van der Waals surface area contributed by atoms with Gasteiger partial charge in [0.25, 0.3) is 0 Å². The molecule has 0 amide bonds. The number of rotatable bonds is 3. The molecule has 0 aliphatic rings. The molecule has 2 heterocycles. The van der Waals surface area contributed by atoms with Gasteiger partial charge in [0.05, 0.1) is 18.6 Å². The predicted octanol–water partition coefficient (Wildman–Crippen LogP) is 1.77. The number of anilines is 1. The fraction of sp³-hybridized carbons (Fsp3) is 0.222. The summed E-state index contributed by atoms with van der Waals surface area (Å²) in [6.45, 7) is 2.58. The van der Waals surface area contributed by atoms with Crippen molar-refractivity contribution in [3.63, 3.8) is 0 Å². The third-order valence-corrected chi connectivity index (χ3v) is 2.21. The minimum Gasteiger partial charge on any atom is -0.364 e. The smallest absolute Gasteiger partial charge is 0.134 e. The zero-order valence-corrected chi connectivity index (χ0v) is 8.91. The molecule has 15 heavy (non-hydrogen) atoms. The van der Waals surface area contributed by atoms with Crippen molar-refractivity contribution in [3.05, 3.63) is 35.3 Å². The fourth-order valence-corrected chi connectivity index (χ4v) is 1.32. The van der Waals surface area contributed by atoms with Crippen molar-refractivity contribution in [1.29, 1.82) is 0 Å². The molecule has 0 aliphatic carbocycles. The topological polar surface area (TPSA) is 66.5 Å². The van der Waals surface area contributed by atoms with E-state index in [1.54, 1.807) is 12.4 Å². The maximum Gasteiger partial charge on any atom is 0.134 e. The van der Waals surface area contributed by atoms with Crippen molar-refractivity contribution in [1.82, 2.24) is 19.9 Å². The van der Waals surface area contributed by atoms with Crippen LogP contribution in [0, 0.1) is 6.92 Å². The number of aryl methyl sites for hydroxylation is 1. The molecule has 0 bridgehead atoms. The van der Waals surface area contributed by atoms with E-state index in [0.717, 1.165) is 11.4 Å². The van der Waals surface area contributed by atoms with Crippen molar-refractivity contribution in [2.24, 2.45) is 0 Å². The van der Waals surface area contributed by atoms with Gasteiger partial charge in [-0.15, -0.1) is 0 Å². The molecule has 78 valence electrons. The third-order valence-electron chi connectivity index (χ3n) is 2.00. The van der Waals surface area contributed by atoms with Gasteiger partial charge >= 0.3 is 0 Å². The molecule has 0 saturated carbocycles. The first kappa shape index (κ1) is 9.92. The van der Waals surface area contributed by atoms with Gasteiger partial charge in [0.2, 0.25) is 0 Å². The summed E-state index contributed by atoms with van der Waals surface area (Å²) in [5, 5.41) is 3.53. The van der Waals surface area contributed by atoms with Crippen LogP contribution in [0.4, 0.5) is 5.82 Å². The average molecular weight is 224 g/mol. The quantitative estimate of drug-likeness (QED) is 0.779. The van der Waals surface area contributed by atoms with E-state index in [2.05, 4.69) is 25.3 Å². The van der Waals surface area contributed by atoms with Crippen LogP contribution >= 0.6 is 11.6 Å². The van der Waals surface area contributed by atoms with Crippen molar-refractivity contribution in [3.8, 4) is 0 Å². The van der Waals surface area contributed by atoms with Crippen LogP contribution in [0.15, 0.2) is 18.7 Å². The number of nitrogens with zero attached hydrogens (tertiary/aromatic N) is 3. The van der Waals surface area contributed by atoms with Gasteiger partial charge in [-0.25, -0.2) is 15.0 Å². The van der Waals surface area contributed by atoms with Gasteiger partial charge in [-0.05, 0) is 6.92 Å². The molecular formula is C9H10ClN5. The second-order valence-electron chi connectivity index (χ2n) is 3.05. The van der Waals surface area contributed by atoms with Crippen molar-refractivity contribution in [2.75, 3.05) is 5.32 Å². The van der Waals surface area contributed by atoms with Gasteiger partial charge in [0.15, 0.2) is 0 Å². The van der Waals surface area contributed by atoms with Crippen molar-refractivity contribution in [2.45, 2.75) is 13.5 Å². The number of imidazole rings is 1. The lowest BCUT2D eigenvalue weighted by atomic mass is 10.3. The lowest BCUT2D eigenvalue weighted by Crippen LogP contribution is -2.03. The third kappa shape index (κ3) is 2.44. The molecule has 0 unspecified atom stereocenters. The molecule has 0 atom stereocenters. The maximum atomic E-state index is 5.72. The maximum absolute atomic E-state index is 5.72. The van der Waals surface area contributed by atoms with Gasteiger partial charge in [0, 0.05) is 11.8 Å². The monoisotopic (exact) mass is 223 g/mol. The molecule has 0 radical (unpaired) electrons. The number of aromatic nitrogens is 4. The molecule has 5 nitrogen and oxygen atoms in total. The Balaban J connectivity index is 2.02. The van der Waals surface area contributed by atoms with Gasteiger partial charge < -0.3 is 10.3 Å². The van der Waals surface area contributed by atoms with E-state index < -0.39 is 0 Å². The first-order chi connectivity index (χ1) is 7.25. The Morgan fingerprint density at radius 2 is 2.27 bits per heavy atom. The zero-order chi connectivity index (χ0) is 10.7. The van der Waals surface area contributed by atoms with Crippen molar-refractivity contribution < 1.29 is 0 Å². The van der Waals surface area contributed by atoms with Crippen LogP contribution in [0.3, 0.4) is 0 Å². The molecule has 6 heteroatoms. The molecule has 2 aromatic rings. The SMILES string of the molecule is Cc1[nH]cnc1CNc1cc(Cl)ncn1. The van der Waals surface area contributed by atoms with Gasteiger partial charge in [-0.2, -0.15) is 0 Å². The lowest BCUT2D eigenvalue weighted by Gasteiger charge is -2.03.